The Morgan fingerprint density at radius 2 is 0.333 bits per heavy atom. The second kappa shape index (κ2) is 289. The van der Waals surface area contributed by atoms with Gasteiger partial charge >= 0.3 is 29.6 Å². The zero-order valence-corrected chi connectivity index (χ0v) is 2.04. The van der Waals surface area contributed by atoms with Gasteiger partial charge in [0.1, 0.15) is 0 Å². The van der Waals surface area contributed by atoms with E-state index in [4.69, 9.17) is 0 Å². The molecule has 6 heteroatoms. The predicted octanol–water partition coefficient (Wildman–Crippen LogP) is 0.114. The molecule has 0 N–H and O–H groups in total. The van der Waals surface area contributed by atoms with Crippen molar-refractivity contribution in [3.63, 3.8) is 0 Å². The number of rotatable bonds is 0. The van der Waals surface area contributed by atoms with E-state index < -0.39 is 0 Å². The zero-order valence-electron chi connectivity index (χ0n) is 2.04. The summed E-state index contributed by atoms with van der Waals surface area (Å²) < 4.78 is 0. The first-order chi connectivity index (χ1) is 0. The fraction of sp³-hybridized carbons (Fsp3) is 0. The van der Waals surface area contributed by atoms with Gasteiger partial charge in [-0.1, -0.05) is 0 Å². The van der Waals surface area contributed by atoms with Gasteiger partial charge in [0.15, 0.2) is 0 Å². The van der Waals surface area contributed by atoms with Gasteiger partial charge < -0.3 is 0 Å². The third-order valence-corrected chi connectivity index (χ3v) is 0. The molecule has 0 bridgehead atoms. The van der Waals surface area contributed by atoms with Gasteiger partial charge in [0.05, 0.1) is 0 Å². The van der Waals surface area contributed by atoms with Gasteiger partial charge in [0.25, 0.3) is 0 Å². The SMILES string of the molecule is F.F.F.F.F.[NaH]. The van der Waals surface area contributed by atoms with Crippen molar-refractivity contribution in [3.05, 3.63) is 0 Å². The van der Waals surface area contributed by atoms with Crippen LogP contribution in [0, 0.1) is 0 Å². The van der Waals surface area contributed by atoms with Crippen LogP contribution < -0.4 is 0 Å². The van der Waals surface area contributed by atoms with Gasteiger partial charge in [-0.25, -0.2) is 0 Å². The van der Waals surface area contributed by atoms with Gasteiger partial charge in [-0.2, -0.15) is 0 Å². The fourth-order valence-electron chi connectivity index (χ4n) is 0. The summed E-state index contributed by atoms with van der Waals surface area (Å²) in [5.41, 5.74) is 0. The number of hydrogen-bond donors (Lipinski definition) is 0. The molecule has 0 saturated heterocycles. The van der Waals surface area contributed by atoms with Gasteiger partial charge in [0.2, 0.25) is 0 Å². The van der Waals surface area contributed by atoms with Gasteiger partial charge in [0, 0.05) is 0 Å². The van der Waals surface area contributed by atoms with Crippen LogP contribution in [-0.4, -0.2) is 29.6 Å². The first kappa shape index (κ1) is 502. The van der Waals surface area contributed by atoms with Crippen LogP contribution in [0.2, 0.25) is 0 Å². The van der Waals surface area contributed by atoms with Crippen molar-refractivity contribution in [3.8, 4) is 0 Å². The summed E-state index contributed by atoms with van der Waals surface area (Å²) in [7, 11) is 0. The molecule has 0 amide bonds. The van der Waals surface area contributed by atoms with Crippen LogP contribution in [0.5, 0.6) is 0 Å². The molecule has 0 atom stereocenters. The minimum absolute atomic E-state index is 0. The molecule has 0 aliphatic heterocycles. The van der Waals surface area contributed by atoms with Gasteiger partial charge in [-0.3, -0.25) is 23.5 Å². The molecule has 6 heavy (non-hydrogen) atoms. The Morgan fingerprint density at radius 3 is 0.333 bits per heavy atom. The van der Waals surface area contributed by atoms with Crippen LogP contribution in [-0.2, 0) is 0 Å². The van der Waals surface area contributed by atoms with Crippen molar-refractivity contribution < 1.29 is 23.5 Å². The molecule has 0 radical (unpaired) electrons. The monoisotopic (exact) mass is 124 g/mol. The van der Waals surface area contributed by atoms with Crippen LogP contribution in [0.25, 0.3) is 0 Å². The maximum atomic E-state index is 0. The van der Waals surface area contributed by atoms with Crippen molar-refractivity contribution >= 4 is 29.6 Å². The van der Waals surface area contributed by atoms with E-state index in [0.29, 0.717) is 0 Å². The topological polar surface area (TPSA) is 0 Å². The Labute approximate surface area is 53.4 Å². The zero-order chi connectivity index (χ0) is 0. The molecule has 0 fully saturated rings. The first-order valence-corrected chi connectivity index (χ1v) is 0. The number of halogens is 5. The molecule has 0 aliphatic rings. The van der Waals surface area contributed by atoms with E-state index in [9.17, 15) is 0 Å². The van der Waals surface area contributed by atoms with Crippen molar-refractivity contribution in [1.82, 2.24) is 0 Å². The quantitative estimate of drug-likeness (QED) is 0.317. The van der Waals surface area contributed by atoms with Crippen LogP contribution in [0.4, 0.5) is 23.5 Å². The number of hydrogen-bond acceptors (Lipinski definition) is 0. The molecular formula is H6F5Na. The fourth-order valence-corrected chi connectivity index (χ4v) is 0. The Balaban J connectivity index is 0. The Morgan fingerprint density at radius 1 is 0.333 bits per heavy atom. The van der Waals surface area contributed by atoms with E-state index in [1.54, 1.807) is 0 Å². The van der Waals surface area contributed by atoms with E-state index in [0.717, 1.165) is 0 Å². The average molecular weight is 124 g/mol. The second-order valence-corrected chi connectivity index (χ2v) is 0. The van der Waals surface area contributed by atoms with Crippen LogP contribution >= 0.6 is 0 Å². The van der Waals surface area contributed by atoms with Crippen LogP contribution in [0.3, 0.4) is 0 Å². The molecule has 0 rings (SSSR count). The van der Waals surface area contributed by atoms with E-state index >= 15 is 0 Å². The van der Waals surface area contributed by atoms with Crippen molar-refractivity contribution in [2.24, 2.45) is 0 Å². The van der Waals surface area contributed by atoms with Gasteiger partial charge in [-0.05, 0) is 0 Å². The first-order valence-electron chi connectivity index (χ1n) is 0. The third-order valence-electron chi connectivity index (χ3n) is 0. The summed E-state index contributed by atoms with van der Waals surface area (Å²) in [6.07, 6.45) is 0. The Bertz CT molecular complexity index is 3.90. The maximum absolute atomic E-state index is 0. The molecule has 0 spiro atoms. The van der Waals surface area contributed by atoms with Crippen molar-refractivity contribution in [1.29, 1.82) is 0 Å². The van der Waals surface area contributed by atoms with Crippen molar-refractivity contribution in [2.75, 3.05) is 0 Å². The van der Waals surface area contributed by atoms with E-state index in [2.05, 4.69) is 0 Å². The Hall–Kier alpha value is 0.650. The Kier molecular flexibility index (Phi) is 24200. The molecule has 0 heterocycles. The van der Waals surface area contributed by atoms with Crippen LogP contribution in [0.1, 0.15) is 0 Å². The molecule has 0 aliphatic carbocycles. The molecule has 0 aromatic carbocycles. The summed E-state index contributed by atoms with van der Waals surface area (Å²) in [6, 6.07) is 0. The predicted molar refractivity (Wildman–Crippen MR) is 19.7 cm³/mol. The molecule has 42 valence electrons. The summed E-state index contributed by atoms with van der Waals surface area (Å²) in [4.78, 5) is 0. The molecule has 0 aromatic rings. The second-order valence-electron chi connectivity index (χ2n) is 0. The molecule has 0 aromatic heterocycles. The summed E-state index contributed by atoms with van der Waals surface area (Å²) in [5.74, 6) is 0. The average Bonchev–Trinajstić information content (AvgIpc) is 0. The summed E-state index contributed by atoms with van der Waals surface area (Å²) in [6.45, 7) is 0. The van der Waals surface area contributed by atoms with E-state index in [1.165, 1.54) is 0 Å². The standard InChI is InChI=1S/5FH.Na.H/h5*1H;;. The van der Waals surface area contributed by atoms with E-state index in [-0.39, 0.29) is 53.1 Å². The van der Waals surface area contributed by atoms with E-state index in [1.807, 2.05) is 0 Å². The summed E-state index contributed by atoms with van der Waals surface area (Å²) >= 11 is 0. The minimum atomic E-state index is 0. The third kappa shape index (κ3) is 147. The molecule has 0 saturated carbocycles. The van der Waals surface area contributed by atoms with Crippen molar-refractivity contribution in [2.45, 2.75) is 0 Å². The summed E-state index contributed by atoms with van der Waals surface area (Å²) in [5, 5.41) is 0. The van der Waals surface area contributed by atoms with Gasteiger partial charge in [-0.15, -0.1) is 0 Å². The molecular weight excluding hydrogens is 118 g/mol. The molecule has 0 nitrogen and oxygen atoms in total. The normalized spacial score (nSPS) is 0. The molecule has 0 unspecified atom stereocenters. The van der Waals surface area contributed by atoms with Crippen LogP contribution in [0.15, 0.2) is 0 Å².